The molecule has 1 aromatic carbocycles. The van der Waals surface area contributed by atoms with Crippen molar-refractivity contribution in [1.82, 2.24) is 0 Å². The zero-order chi connectivity index (χ0) is 17.1. The van der Waals surface area contributed by atoms with Gasteiger partial charge in [-0.3, -0.25) is 23.5 Å². The van der Waals surface area contributed by atoms with Crippen molar-refractivity contribution < 1.29 is 33.7 Å². The van der Waals surface area contributed by atoms with Gasteiger partial charge in [0.1, 0.15) is 6.10 Å². The Morgan fingerprint density at radius 1 is 1.14 bits per heavy atom. The second-order valence-corrected chi connectivity index (χ2v) is 7.44. The van der Waals surface area contributed by atoms with E-state index in [1.165, 1.54) is 24.3 Å². The van der Waals surface area contributed by atoms with Crippen molar-refractivity contribution in [2.75, 3.05) is 6.61 Å². The highest BCUT2D eigenvalue weighted by molar-refractivity contribution is 14.1. The van der Waals surface area contributed by atoms with Crippen LogP contribution in [0, 0.1) is 3.57 Å². The molecule has 122 valence electrons. The average molecular weight is 443 g/mol. The van der Waals surface area contributed by atoms with Gasteiger partial charge in [0.15, 0.2) is 6.04 Å². The van der Waals surface area contributed by atoms with Crippen molar-refractivity contribution in [3.63, 3.8) is 0 Å². The summed E-state index contributed by atoms with van der Waals surface area (Å²) in [6.45, 7) is -1.02. The molecule has 0 heterocycles. The summed E-state index contributed by atoms with van der Waals surface area (Å²) in [5.41, 5.74) is 5.29. The number of hydrogen-bond donors (Lipinski definition) is 5. The summed E-state index contributed by atoms with van der Waals surface area (Å²) in [6.07, 6.45) is -2.01. The standard InChI is InChI=1S/C12H14INO7S/c13-6-1-3-7(4-2-6)22(20,21)12(19)9(14)11(18)10(17)8(16)5-15/h1-4,8-9,15-16,20-21H,5,14H2/t8-,9-/m1/s1. The number of benzene rings is 1. The lowest BCUT2D eigenvalue weighted by atomic mass is 10.1. The average Bonchev–Trinajstić information content (AvgIpc) is 2.51. The van der Waals surface area contributed by atoms with E-state index in [2.05, 4.69) is 0 Å². The maximum absolute atomic E-state index is 12.0. The van der Waals surface area contributed by atoms with Crippen molar-refractivity contribution in [2.45, 2.75) is 17.0 Å². The maximum atomic E-state index is 12.0. The largest absolute Gasteiger partial charge is 0.393 e. The van der Waals surface area contributed by atoms with Crippen molar-refractivity contribution >= 4 is 49.9 Å². The van der Waals surface area contributed by atoms with Crippen LogP contribution in [0.25, 0.3) is 0 Å². The number of hydrogen-bond acceptors (Lipinski definition) is 8. The Hall–Kier alpha value is -0.890. The number of carbonyl (C=O) groups is 3. The fourth-order valence-electron chi connectivity index (χ4n) is 1.42. The fourth-order valence-corrected chi connectivity index (χ4v) is 2.99. The van der Waals surface area contributed by atoms with E-state index in [0.29, 0.717) is 0 Å². The Morgan fingerprint density at radius 3 is 2.09 bits per heavy atom. The van der Waals surface area contributed by atoms with Crippen LogP contribution in [0.15, 0.2) is 29.2 Å². The molecule has 22 heavy (non-hydrogen) atoms. The van der Waals surface area contributed by atoms with E-state index < -0.39 is 46.0 Å². The van der Waals surface area contributed by atoms with E-state index in [9.17, 15) is 23.5 Å². The molecule has 6 N–H and O–H groups in total. The third-order valence-electron chi connectivity index (χ3n) is 2.68. The molecular formula is C12H14INO7S. The van der Waals surface area contributed by atoms with Gasteiger partial charge < -0.3 is 15.9 Å². The molecular weight excluding hydrogens is 429 g/mol. The number of ketones is 2. The van der Waals surface area contributed by atoms with E-state index in [1.807, 2.05) is 22.6 Å². The van der Waals surface area contributed by atoms with Gasteiger partial charge in [-0.15, -0.1) is 10.6 Å². The summed E-state index contributed by atoms with van der Waals surface area (Å²) in [7, 11) is -4.05. The van der Waals surface area contributed by atoms with Gasteiger partial charge in [0.05, 0.1) is 11.5 Å². The minimum absolute atomic E-state index is 0.142. The number of Topliss-reactive ketones (excluding diaryl/α,β-unsaturated/α-hetero) is 2. The lowest BCUT2D eigenvalue weighted by Crippen LogP contribution is -2.48. The second-order valence-electron chi connectivity index (χ2n) is 4.23. The topological polar surface area (TPSA) is 158 Å². The molecule has 2 atom stereocenters. The molecule has 0 aliphatic heterocycles. The zero-order valence-corrected chi connectivity index (χ0v) is 14.0. The highest BCUT2D eigenvalue weighted by Gasteiger charge is 2.39. The first-order chi connectivity index (χ1) is 10.1. The SMILES string of the molecule is N[C@H](C(=O)C(=O)[C@H](O)CO)C(=O)S(O)(O)c1ccc(I)cc1. The van der Waals surface area contributed by atoms with Gasteiger partial charge in [-0.2, -0.15) is 0 Å². The summed E-state index contributed by atoms with van der Waals surface area (Å²) in [6, 6.07) is 3.47. The van der Waals surface area contributed by atoms with Crippen LogP contribution in [-0.4, -0.2) is 54.8 Å². The minimum Gasteiger partial charge on any atom is -0.393 e. The maximum Gasteiger partial charge on any atom is 0.268 e. The Bertz CT molecular complexity index is 590. The normalized spacial score (nSPS) is 15.0. The second kappa shape index (κ2) is 7.59. The Labute approximate surface area is 140 Å². The van der Waals surface area contributed by atoms with Gasteiger partial charge in [-0.1, -0.05) is 0 Å². The van der Waals surface area contributed by atoms with E-state index in [4.69, 9.17) is 15.9 Å². The lowest BCUT2D eigenvalue weighted by molar-refractivity contribution is -0.144. The number of nitrogens with two attached hydrogens (primary N) is 1. The van der Waals surface area contributed by atoms with Crippen LogP contribution in [0.4, 0.5) is 0 Å². The smallest absolute Gasteiger partial charge is 0.268 e. The Kier molecular flexibility index (Phi) is 6.61. The van der Waals surface area contributed by atoms with Crippen LogP contribution >= 0.6 is 33.2 Å². The van der Waals surface area contributed by atoms with Crippen molar-refractivity contribution in [2.24, 2.45) is 5.73 Å². The zero-order valence-electron chi connectivity index (χ0n) is 11.0. The van der Waals surface area contributed by atoms with E-state index in [1.54, 1.807) is 0 Å². The molecule has 0 spiro atoms. The van der Waals surface area contributed by atoms with Gasteiger partial charge in [0, 0.05) is 3.57 Å². The summed E-state index contributed by atoms with van der Waals surface area (Å²) in [5, 5.41) is 16.2. The van der Waals surface area contributed by atoms with Gasteiger partial charge in [-0.05, 0) is 46.9 Å². The van der Waals surface area contributed by atoms with Crippen LogP contribution in [0.1, 0.15) is 0 Å². The van der Waals surface area contributed by atoms with Crippen LogP contribution in [0.3, 0.4) is 0 Å². The fraction of sp³-hybridized carbons (Fsp3) is 0.250. The molecule has 8 nitrogen and oxygen atoms in total. The van der Waals surface area contributed by atoms with E-state index >= 15 is 0 Å². The molecule has 0 fully saturated rings. The summed E-state index contributed by atoms with van der Waals surface area (Å²) >= 11 is 1.97. The molecule has 0 saturated carbocycles. The molecule has 1 rings (SSSR count). The van der Waals surface area contributed by atoms with Gasteiger partial charge in [0.2, 0.25) is 11.6 Å². The summed E-state index contributed by atoms with van der Waals surface area (Å²) < 4.78 is 20.7. The predicted octanol–water partition coefficient (Wildman–Crippen LogP) is -0.254. The summed E-state index contributed by atoms with van der Waals surface area (Å²) in [4.78, 5) is 34.9. The van der Waals surface area contributed by atoms with Crippen molar-refractivity contribution in [3.05, 3.63) is 27.8 Å². The first kappa shape index (κ1) is 19.2. The molecule has 10 heteroatoms. The number of halogens is 1. The van der Waals surface area contributed by atoms with Gasteiger partial charge in [0.25, 0.3) is 5.12 Å². The number of rotatable bonds is 6. The summed E-state index contributed by atoms with van der Waals surface area (Å²) in [5.74, 6) is -2.97. The third-order valence-corrected chi connectivity index (χ3v) is 5.14. The quantitative estimate of drug-likeness (QED) is 0.229. The van der Waals surface area contributed by atoms with E-state index in [0.717, 1.165) is 3.57 Å². The van der Waals surface area contributed by atoms with Crippen molar-refractivity contribution in [1.29, 1.82) is 0 Å². The molecule has 0 unspecified atom stereocenters. The Balaban J connectivity index is 3.00. The molecule has 0 radical (unpaired) electrons. The molecule has 0 bridgehead atoms. The number of carbonyl (C=O) groups excluding carboxylic acids is 3. The first-order valence-electron chi connectivity index (χ1n) is 5.83. The first-order valence-corrected chi connectivity index (χ1v) is 8.45. The number of aliphatic hydroxyl groups is 2. The molecule has 0 saturated heterocycles. The third kappa shape index (κ3) is 4.10. The van der Waals surface area contributed by atoms with Gasteiger partial charge >= 0.3 is 0 Å². The van der Waals surface area contributed by atoms with Crippen LogP contribution < -0.4 is 5.73 Å². The minimum atomic E-state index is -4.05. The van der Waals surface area contributed by atoms with E-state index in [-0.39, 0.29) is 4.90 Å². The molecule has 0 aliphatic rings. The van der Waals surface area contributed by atoms with Gasteiger partial charge in [-0.25, -0.2) is 0 Å². The molecule has 0 amide bonds. The van der Waals surface area contributed by atoms with Crippen LogP contribution in [-0.2, 0) is 14.4 Å². The lowest BCUT2D eigenvalue weighted by Gasteiger charge is -2.31. The predicted molar refractivity (Wildman–Crippen MR) is 86.4 cm³/mol. The Morgan fingerprint density at radius 2 is 1.64 bits per heavy atom. The molecule has 0 aromatic heterocycles. The molecule has 1 aromatic rings. The van der Waals surface area contributed by atoms with Crippen LogP contribution in [0.5, 0.6) is 0 Å². The van der Waals surface area contributed by atoms with Crippen molar-refractivity contribution in [3.8, 4) is 0 Å². The van der Waals surface area contributed by atoms with Crippen LogP contribution in [0.2, 0.25) is 0 Å². The monoisotopic (exact) mass is 443 g/mol. The highest BCUT2D eigenvalue weighted by atomic mass is 127. The highest BCUT2D eigenvalue weighted by Crippen LogP contribution is 2.49. The molecule has 0 aliphatic carbocycles. The number of aliphatic hydroxyl groups excluding tert-OH is 2.